The average molecular weight is 453 g/mol. The normalized spacial score (nSPS) is 12.8. The van der Waals surface area contributed by atoms with Gasteiger partial charge >= 0.3 is 0 Å². The van der Waals surface area contributed by atoms with E-state index in [0.29, 0.717) is 22.8 Å². The Hall–Kier alpha value is -1.93. The molecule has 0 saturated carbocycles. The second-order valence-corrected chi connectivity index (χ2v) is 9.86. The minimum Gasteiger partial charge on any atom is -0.383 e. The Labute approximate surface area is 184 Å². The predicted molar refractivity (Wildman–Crippen MR) is 119 cm³/mol. The van der Waals surface area contributed by atoms with E-state index in [1.807, 2.05) is 19.1 Å². The molecule has 0 radical (unpaired) electrons. The number of ether oxygens (including phenoxy) is 1. The topological polar surface area (TPSA) is 75.7 Å². The van der Waals surface area contributed by atoms with Gasteiger partial charge in [-0.05, 0) is 56.5 Å². The third kappa shape index (κ3) is 6.28. The first kappa shape index (κ1) is 24.3. The smallest absolute Gasteiger partial charge is 0.244 e. The Bertz CT molecular complexity index is 968. The number of nitrogens with zero attached hydrogens (tertiary/aromatic N) is 1. The largest absolute Gasteiger partial charge is 0.383 e. The van der Waals surface area contributed by atoms with Crippen molar-refractivity contribution in [3.63, 3.8) is 0 Å². The first-order valence-electron chi connectivity index (χ1n) is 9.65. The molecule has 0 bridgehead atoms. The van der Waals surface area contributed by atoms with Crippen LogP contribution in [0, 0.1) is 20.8 Å². The van der Waals surface area contributed by atoms with Gasteiger partial charge < -0.3 is 10.1 Å². The lowest BCUT2D eigenvalue weighted by Gasteiger charge is -2.25. The molecule has 0 saturated heterocycles. The molecule has 1 atom stereocenters. The van der Waals surface area contributed by atoms with E-state index in [1.165, 1.54) is 4.31 Å². The summed E-state index contributed by atoms with van der Waals surface area (Å²) in [5, 5.41) is 3.34. The molecule has 2 rings (SSSR count). The summed E-state index contributed by atoms with van der Waals surface area (Å²) in [5.41, 5.74) is 3.03. The zero-order valence-electron chi connectivity index (χ0n) is 18.0. The molecule has 6 nitrogen and oxygen atoms in total. The second-order valence-electron chi connectivity index (χ2n) is 7.55. The number of methoxy groups -OCH3 is 1. The van der Waals surface area contributed by atoms with Gasteiger partial charge in [-0.2, -0.15) is 4.31 Å². The number of carbonyl (C=O) groups is 1. The fourth-order valence-corrected chi connectivity index (χ4v) is 5.42. The van der Waals surface area contributed by atoms with Crippen molar-refractivity contribution in [2.75, 3.05) is 20.3 Å². The van der Waals surface area contributed by atoms with Gasteiger partial charge in [0.15, 0.2) is 0 Å². The zero-order valence-corrected chi connectivity index (χ0v) is 19.6. The van der Waals surface area contributed by atoms with Crippen LogP contribution in [0.4, 0.5) is 0 Å². The van der Waals surface area contributed by atoms with Crippen LogP contribution in [0.15, 0.2) is 41.3 Å². The van der Waals surface area contributed by atoms with Gasteiger partial charge in [-0.1, -0.05) is 41.4 Å². The fourth-order valence-electron chi connectivity index (χ4n) is 3.49. The minimum absolute atomic E-state index is 0.0539. The SMILES string of the molecule is COC[C@H](C)NC(=O)CN(Cc1ccc(Cl)cc1)S(=O)(=O)c1c(C)cc(C)cc1C. The maximum atomic E-state index is 13.6. The van der Waals surface area contributed by atoms with Crippen molar-refractivity contribution >= 4 is 27.5 Å². The van der Waals surface area contributed by atoms with Gasteiger partial charge in [0, 0.05) is 24.7 Å². The highest BCUT2D eigenvalue weighted by atomic mass is 35.5. The molecule has 0 aliphatic carbocycles. The van der Waals surface area contributed by atoms with Crippen LogP contribution in [0.1, 0.15) is 29.2 Å². The maximum absolute atomic E-state index is 13.6. The van der Waals surface area contributed by atoms with Crippen molar-refractivity contribution in [1.29, 1.82) is 0 Å². The van der Waals surface area contributed by atoms with Crippen molar-refractivity contribution in [3.8, 4) is 0 Å². The lowest BCUT2D eigenvalue weighted by atomic mass is 10.1. The van der Waals surface area contributed by atoms with Gasteiger partial charge in [0.1, 0.15) is 0 Å². The standard InChI is InChI=1S/C22H29ClN2O4S/c1-15-10-16(2)22(17(3)11-15)30(27,28)25(12-19-6-8-20(23)9-7-19)13-21(26)24-18(4)14-29-5/h6-11,18H,12-14H2,1-5H3,(H,24,26)/t18-/m0/s1. The number of hydrogen-bond donors (Lipinski definition) is 1. The Morgan fingerprint density at radius 3 is 2.23 bits per heavy atom. The molecule has 0 heterocycles. The number of amides is 1. The first-order valence-corrected chi connectivity index (χ1v) is 11.5. The van der Waals surface area contributed by atoms with E-state index in [4.69, 9.17) is 16.3 Å². The number of sulfonamides is 1. The van der Waals surface area contributed by atoms with Crippen molar-refractivity contribution in [3.05, 3.63) is 63.7 Å². The van der Waals surface area contributed by atoms with Gasteiger partial charge in [-0.3, -0.25) is 4.79 Å². The molecule has 0 fully saturated rings. The van der Waals surface area contributed by atoms with Crippen molar-refractivity contribution in [2.24, 2.45) is 0 Å². The molecule has 8 heteroatoms. The summed E-state index contributed by atoms with van der Waals surface area (Å²) in [6.45, 7) is 7.36. The van der Waals surface area contributed by atoms with Crippen LogP contribution < -0.4 is 5.32 Å². The van der Waals surface area contributed by atoms with E-state index >= 15 is 0 Å². The summed E-state index contributed by atoms with van der Waals surface area (Å²) in [5.74, 6) is -0.389. The highest BCUT2D eigenvalue weighted by molar-refractivity contribution is 7.89. The number of nitrogens with one attached hydrogen (secondary N) is 1. The van der Waals surface area contributed by atoms with E-state index in [2.05, 4.69) is 5.32 Å². The number of benzene rings is 2. The number of rotatable bonds is 9. The molecular weight excluding hydrogens is 424 g/mol. The summed E-state index contributed by atoms with van der Waals surface area (Å²) >= 11 is 5.95. The first-order chi connectivity index (χ1) is 14.0. The summed E-state index contributed by atoms with van der Waals surface area (Å²) in [6, 6.07) is 10.3. The van der Waals surface area contributed by atoms with E-state index in [9.17, 15) is 13.2 Å². The molecule has 164 valence electrons. The molecule has 30 heavy (non-hydrogen) atoms. The summed E-state index contributed by atoms with van der Waals surface area (Å²) in [4.78, 5) is 12.8. The molecule has 0 spiro atoms. The summed E-state index contributed by atoms with van der Waals surface area (Å²) < 4.78 is 33.4. The number of halogens is 1. The molecule has 2 aromatic carbocycles. The Morgan fingerprint density at radius 1 is 1.13 bits per heavy atom. The summed E-state index contributed by atoms with van der Waals surface area (Å²) in [7, 11) is -2.38. The Balaban J connectivity index is 2.41. The van der Waals surface area contributed by atoms with Gasteiger partial charge in [0.2, 0.25) is 15.9 Å². The highest BCUT2D eigenvalue weighted by Crippen LogP contribution is 2.26. The van der Waals surface area contributed by atoms with Crippen LogP contribution in [0.5, 0.6) is 0 Å². The van der Waals surface area contributed by atoms with E-state index in [1.54, 1.807) is 52.1 Å². The maximum Gasteiger partial charge on any atom is 0.244 e. The Kier molecular flexibility index (Phi) is 8.43. The number of carbonyl (C=O) groups excluding carboxylic acids is 1. The Morgan fingerprint density at radius 2 is 1.70 bits per heavy atom. The fraction of sp³-hybridized carbons (Fsp3) is 0.409. The quantitative estimate of drug-likeness (QED) is 0.630. The van der Waals surface area contributed by atoms with Gasteiger partial charge in [-0.15, -0.1) is 0 Å². The zero-order chi connectivity index (χ0) is 22.5. The minimum atomic E-state index is -3.92. The predicted octanol–water partition coefficient (Wildman–Crippen LogP) is 3.61. The van der Waals surface area contributed by atoms with Crippen LogP contribution in [-0.2, 0) is 26.1 Å². The highest BCUT2D eigenvalue weighted by Gasteiger charge is 2.30. The average Bonchev–Trinajstić information content (AvgIpc) is 2.61. The van der Waals surface area contributed by atoms with E-state index < -0.39 is 10.0 Å². The van der Waals surface area contributed by atoms with Crippen LogP contribution in [-0.4, -0.2) is 44.9 Å². The second kappa shape index (κ2) is 10.4. The monoisotopic (exact) mass is 452 g/mol. The molecule has 2 aromatic rings. The van der Waals surface area contributed by atoms with Crippen molar-refractivity contribution in [2.45, 2.75) is 45.2 Å². The van der Waals surface area contributed by atoms with E-state index in [0.717, 1.165) is 11.1 Å². The molecule has 0 unspecified atom stereocenters. The molecule has 0 aliphatic rings. The van der Waals surface area contributed by atoms with Crippen LogP contribution in [0.2, 0.25) is 5.02 Å². The molecule has 1 N–H and O–H groups in total. The van der Waals surface area contributed by atoms with Gasteiger partial charge in [-0.25, -0.2) is 8.42 Å². The van der Waals surface area contributed by atoms with Crippen LogP contribution >= 0.6 is 11.6 Å². The molecule has 0 aromatic heterocycles. The lowest BCUT2D eigenvalue weighted by molar-refractivity contribution is -0.122. The molecular formula is C22H29ClN2O4S. The third-order valence-corrected chi connectivity index (χ3v) is 6.97. The molecule has 0 aliphatic heterocycles. The van der Waals surface area contributed by atoms with Crippen molar-refractivity contribution in [1.82, 2.24) is 9.62 Å². The summed E-state index contributed by atoms with van der Waals surface area (Å²) in [6.07, 6.45) is 0. The van der Waals surface area contributed by atoms with Crippen LogP contribution in [0.3, 0.4) is 0 Å². The van der Waals surface area contributed by atoms with Crippen LogP contribution in [0.25, 0.3) is 0 Å². The number of hydrogen-bond acceptors (Lipinski definition) is 4. The third-order valence-electron chi connectivity index (χ3n) is 4.62. The molecule has 1 amide bonds. The lowest BCUT2D eigenvalue weighted by Crippen LogP contribution is -2.44. The van der Waals surface area contributed by atoms with Crippen molar-refractivity contribution < 1.29 is 17.9 Å². The number of aryl methyl sites for hydroxylation is 3. The van der Waals surface area contributed by atoms with Gasteiger partial charge in [0.25, 0.3) is 0 Å². The van der Waals surface area contributed by atoms with Gasteiger partial charge in [0.05, 0.1) is 18.0 Å². The van der Waals surface area contributed by atoms with E-state index in [-0.39, 0.29) is 29.9 Å².